The number of aromatic nitrogens is 2. The molecule has 2 aromatic rings. The van der Waals surface area contributed by atoms with Crippen molar-refractivity contribution in [2.45, 2.75) is 19.9 Å². The third-order valence-corrected chi connectivity index (χ3v) is 2.37. The molecule has 86 valence electrons. The number of hydrogen-bond donors (Lipinski definition) is 1. The van der Waals surface area contributed by atoms with Gasteiger partial charge in [0.05, 0.1) is 6.20 Å². The first-order valence-corrected chi connectivity index (χ1v) is 5.69. The van der Waals surface area contributed by atoms with E-state index in [1.807, 2.05) is 35.0 Å². The average Bonchev–Trinajstić information content (AvgIpc) is 2.75. The number of aryl methyl sites for hydroxylation is 1. The Bertz CT molecular complexity index is 558. The van der Waals surface area contributed by atoms with Gasteiger partial charge >= 0.3 is 0 Å². The highest BCUT2D eigenvalue weighted by Gasteiger charge is 1.96. The lowest BCUT2D eigenvalue weighted by Gasteiger charge is -1.99. The minimum atomic E-state index is 0.735. The fraction of sp³-hybridized carbons (Fsp3) is 0.214. The number of rotatable bonds is 2. The molecule has 3 heteroatoms. The maximum atomic E-state index is 5.70. The van der Waals surface area contributed by atoms with Gasteiger partial charge in [0.1, 0.15) is 5.69 Å². The van der Waals surface area contributed by atoms with Gasteiger partial charge in [0.2, 0.25) is 0 Å². The molecular weight excluding hydrogens is 210 g/mol. The molecule has 1 aromatic carbocycles. The second kappa shape index (κ2) is 5.22. The number of nitrogen functional groups attached to an aromatic ring is 1. The first kappa shape index (κ1) is 11.3. The van der Waals surface area contributed by atoms with Crippen molar-refractivity contribution in [1.29, 1.82) is 0 Å². The summed E-state index contributed by atoms with van der Waals surface area (Å²) in [5, 5.41) is 4.23. The molecule has 0 radical (unpaired) electrons. The van der Waals surface area contributed by atoms with Crippen LogP contribution in [0.4, 0.5) is 5.69 Å². The van der Waals surface area contributed by atoms with Crippen molar-refractivity contribution in [2.24, 2.45) is 0 Å². The third-order valence-electron chi connectivity index (χ3n) is 2.37. The summed E-state index contributed by atoms with van der Waals surface area (Å²) in [5.41, 5.74) is 8.30. The summed E-state index contributed by atoms with van der Waals surface area (Å²) in [4.78, 5) is 0. The zero-order valence-electron chi connectivity index (χ0n) is 9.85. The van der Waals surface area contributed by atoms with Gasteiger partial charge < -0.3 is 5.73 Å². The molecule has 3 nitrogen and oxygen atoms in total. The highest BCUT2D eigenvalue weighted by molar-refractivity contribution is 5.48. The van der Waals surface area contributed by atoms with E-state index in [-0.39, 0.29) is 0 Å². The van der Waals surface area contributed by atoms with Gasteiger partial charge in [-0.05, 0) is 36.6 Å². The monoisotopic (exact) mass is 225 g/mol. The average molecular weight is 225 g/mol. The molecule has 17 heavy (non-hydrogen) atoms. The van der Waals surface area contributed by atoms with E-state index in [0.29, 0.717) is 0 Å². The van der Waals surface area contributed by atoms with Gasteiger partial charge in [-0.2, -0.15) is 5.10 Å². The summed E-state index contributed by atoms with van der Waals surface area (Å²) in [6.45, 7) is 3.02. The van der Waals surface area contributed by atoms with E-state index in [0.717, 1.165) is 29.9 Å². The van der Waals surface area contributed by atoms with E-state index in [2.05, 4.69) is 23.9 Å². The van der Waals surface area contributed by atoms with E-state index < -0.39 is 0 Å². The van der Waals surface area contributed by atoms with Crippen molar-refractivity contribution >= 4 is 5.69 Å². The normalized spacial score (nSPS) is 9.71. The van der Waals surface area contributed by atoms with Crippen molar-refractivity contribution in [3.63, 3.8) is 0 Å². The number of hydrogen-bond acceptors (Lipinski definition) is 2. The Hall–Kier alpha value is -2.21. The summed E-state index contributed by atoms with van der Waals surface area (Å²) in [5.74, 6) is 6.21. The largest absolute Gasteiger partial charge is 0.399 e. The Labute approximate surface area is 101 Å². The molecule has 0 aliphatic heterocycles. The van der Waals surface area contributed by atoms with Crippen LogP contribution >= 0.6 is 0 Å². The minimum Gasteiger partial charge on any atom is -0.399 e. The molecule has 1 heterocycles. The Morgan fingerprint density at radius 3 is 2.94 bits per heavy atom. The lowest BCUT2D eigenvalue weighted by Crippen LogP contribution is -2.01. The topological polar surface area (TPSA) is 43.8 Å². The van der Waals surface area contributed by atoms with Crippen molar-refractivity contribution in [3.05, 3.63) is 47.8 Å². The Balaban J connectivity index is 2.23. The molecule has 0 amide bonds. The van der Waals surface area contributed by atoms with Gasteiger partial charge in [-0.1, -0.05) is 18.9 Å². The number of anilines is 1. The highest BCUT2D eigenvalue weighted by atomic mass is 15.3. The Morgan fingerprint density at radius 2 is 2.18 bits per heavy atom. The fourth-order valence-electron chi connectivity index (χ4n) is 1.58. The molecular formula is C14H15N3. The molecule has 0 unspecified atom stereocenters. The second-order valence-corrected chi connectivity index (χ2v) is 3.82. The van der Waals surface area contributed by atoms with E-state index >= 15 is 0 Å². The van der Waals surface area contributed by atoms with Crippen LogP contribution < -0.4 is 5.73 Å². The van der Waals surface area contributed by atoms with Crippen molar-refractivity contribution in [2.75, 3.05) is 5.73 Å². The molecule has 0 bridgehead atoms. The van der Waals surface area contributed by atoms with Crippen LogP contribution in [0.15, 0.2) is 36.5 Å². The van der Waals surface area contributed by atoms with Crippen LogP contribution in [0.5, 0.6) is 0 Å². The van der Waals surface area contributed by atoms with Gasteiger partial charge in [0, 0.05) is 17.8 Å². The molecule has 0 saturated carbocycles. The summed E-state index contributed by atoms with van der Waals surface area (Å²) in [7, 11) is 0. The zero-order valence-corrected chi connectivity index (χ0v) is 9.85. The van der Waals surface area contributed by atoms with Crippen LogP contribution in [0, 0.1) is 11.8 Å². The number of benzene rings is 1. The maximum absolute atomic E-state index is 5.70. The molecule has 0 spiro atoms. The molecule has 1 aromatic heterocycles. The number of nitrogens with two attached hydrogens (primary N) is 1. The van der Waals surface area contributed by atoms with Gasteiger partial charge in [-0.25, -0.2) is 0 Å². The molecule has 2 N–H and O–H groups in total. The minimum absolute atomic E-state index is 0.735. The Morgan fingerprint density at radius 1 is 1.29 bits per heavy atom. The maximum Gasteiger partial charge on any atom is 0.111 e. The van der Waals surface area contributed by atoms with E-state index in [9.17, 15) is 0 Å². The lowest BCUT2D eigenvalue weighted by atomic mass is 10.2. The standard InChI is InChI=1S/C14H15N3/c1-2-10-17-14(8-9-16-17)7-6-12-4-3-5-13(15)11-12/h3-5,8-9,11H,2,10,15H2,1H3. The fourth-order valence-corrected chi connectivity index (χ4v) is 1.58. The Kier molecular flexibility index (Phi) is 3.46. The van der Waals surface area contributed by atoms with E-state index in [1.54, 1.807) is 6.20 Å². The van der Waals surface area contributed by atoms with Crippen LogP contribution in [0.25, 0.3) is 0 Å². The van der Waals surface area contributed by atoms with Gasteiger partial charge in [0.25, 0.3) is 0 Å². The highest BCUT2D eigenvalue weighted by Crippen LogP contribution is 2.05. The molecule has 2 rings (SSSR count). The predicted molar refractivity (Wildman–Crippen MR) is 69.4 cm³/mol. The van der Waals surface area contributed by atoms with Crippen molar-refractivity contribution in [1.82, 2.24) is 9.78 Å². The number of nitrogens with zero attached hydrogens (tertiary/aromatic N) is 2. The predicted octanol–water partition coefficient (Wildman–Crippen LogP) is 2.28. The zero-order chi connectivity index (χ0) is 12.1. The van der Waals surface area contributed by atoms with Gasteiger partial charge in [-0.3, -0.25) is 4.68 Å². The van der Waals surface area contributed by atoms with E-state index in [1.165, 1.54) is 0 Å². The molecule has 0 fully saturated rings. The summed E-state index contributed by atoms with van der Waals surface area (Å²) in [6, 6.07) is 9.50. The smallest absolute Gasteiger partial charge is 0.111 e. The molecule has 0 aliphatic carbocycles. The first-order chi connectivity index (χ1) is 8.29. The molecule has 0 aliphatic rings. The van der Waals surface area contributed by atoms with Gasteiger partial charge in [-0.15, -0.1) is 0 Å². The lowest BCUT2D eigenvalue weighted by molar-refractivity contribution is 0.597. The SMILES string of the molecule is CCCn1nccc1C#Cc1cccc(N)c1. The van der Waals surface area contributed by atoms with Crippen molar-refractivity contribution < 1.29 is 0 Å². The van der Waals surface area contributed by atoms with Crippen LogP contribution in [0.2, 0.25) is 0 Å². The van der Waals surface area contributed by atoms with Crippen LogP contribution in [-0.4, -0.2) is 9.78 Å². The quantitative estimate of drug-likeness (QED) is 0.629. The summed E-state index contributed by atoms with van der Waals surface area (Å²) < 4.78 is 1.92. The molecule has 0 atom stereocenters. The van der Waals surface area contributed by atoms with Crippen molar-refractivity contribution in [3.8, 4) is 11.8 Å². The summed E-state index contributed by atoms with van der Waals surface area (Å²) >= 11 is 0. The second-order valence-electron chi connectivity index (χ2n) is 3.82. The third kappa shape index (κ3) is 2.88. The van der Waals surface area contributed by atoms with Crippen LogP contribution in [0.1, 0.15) is 24.6 Å². The van der Waals surface area contributed by atoms with Gasteiger partial charge in [0.15, 0.2) is 0 Å². The van der Waals surface area contributed by atoms with Crippen LogP contribution in [0.3, 0.4) is 0 Å². The first-order valence-electron chi connectivity index (χ1n) is 5.69. The van der Waals surface area contributed by atoms with E-state index in [4.69, 9.17) is 5.73 Å². The summed E-state index contributed by atoms with van der Waals surface area (Å²) in [6.07, 6.45) is 2.83. The van der Waals surface area contributed by atoms with Crippen LogP contribution in [-0.2, 0) is 6.54 Å². The molecule has 0 saturated heterocycles.